The van der Waals surface area contributed by atoms with E-state index in [0.29, 0.717) is 18.5 Å². The number of halogens is 1. The van der Waals surface area contributed by atoms with Gasteiger partial charge in [-0.05, 0) is 36.6 Å². The third-order valence-electron chi connectivity index (χ3n) is 3.94. The predicted octanol–water partition coefficient (Wildman–Crippen LogP) is 2.62. The van der Waals surface area contributed by atoms with E-state index in [2.05, 4.69) is 20.4 Å². The van der Waals surface area contributed by atoms with Gasteiger partial charge >= 0.3 is 0 Å². The lowest BCUT2D eigenvalue weighted by molar-refractivity contribution is 0.412. The van der Waals surface area contributed by atoms with Crippen molar-refractivity contribution in [1.82, 2.24) is 20.1 Å². The Labute approximate surface area is 153 Å². The molecule has 0 unspecified atom stereocenters. The van der Waals surface area contributed by atoms with Crippen molar-refractivity contribution in [2.45, 2.75) is 44.7 Å². The van der Waals surface area contributed by atoms with E-state index >= 15 is 0 Å². The maximum absolute atomic E-state index is 5.99. The smallest absolute Gasteiger partial charge is 0.189 e. The summed E-state index contributed by atoms with van der Waals surface area (Å²) in [5.41, 5.74) is 7.05. The Morgan fingerprint density at radius 3 is 2.87 bits per heavy atom. The van der Waals surface area contributed by atoms with Crippen molar-refractivity contribution in [2.75, 3.05) is 0 Å². The van der Waals surface area contributed by atoms with Crippen LogP contribution in [0.2, 0.25) is 0 Å². The van der Waals surface area contributed by atoms with Gasteiger partial charge in [0, 0.05) is 24.6 Å². The highest BCUT2D eigenvalue weighted by Crippen LogP contribution is 2.17. The van der Waals surface area contributed by atoms with Gasteiger partial charge in [0.1, 0.15) is 0 Å². The number of nitrogens with zero attached hydrogens (tertiary/aromatic N) is 4. The summed E-state index contributed by atoms with van der Waals surface area (Å²) in [7, 11) is 0. The number of hydrogen-bond donors (Lipinski definition) is 2. The molecule has 2 aromatic heterocycles. The minimum atomic E-state index is 0. The van der Waals surface area contributed by atoms with E-state index in [1.807, 2.05) is 24.4 Å². The van der Waals surface area contributed by atoms with Crippen LogP contribution in [0.1, 0.15) is 37.7 Å². The number of guanidine groups is 1. The van der Waals surface area contributed by atoms with E-state index in [1.54, 1.807) is 17.1 Å². The van der Waals surface area contributed by atoms with Gasteiger partial charge in [-0.3, -0.25) is 0 Å². The van der Waals surface area contributed by atoms with Gasteiger partial charge in [0.25, 0.3) is 0 Å². The minimum absolute atomic E-state index is 0. The van der Waals surface area contributed by atoms with Crippen LogP contribution < -0.4 is 11.1 Å². The van der Waals surface area contributed by atoms with E-state index in [-0.39, 0.29) is 24.0 Å². The zero-order valence-electron chi connectivity index (χ0n) is 13.1. The zero-order chi connectivity index (χ0) is 15.2. The predicted molar refractivity (Wildman–Crippen MR) is 102 cm³/mol. The molecule has 2 aromatic rings. The maximum atomic E-state index is 5.99. The molecule has 0 radical (unpaired) electrons. The van der Waals surface area contributed by atoms with E-state index in [0.717, 1.165) is 11.4 Å². The fourth-order valence-electron chi connectivity index (χ4n) is 2.77. The van der Waals surface area contributed by atoms with Crippen molar-refractivity contribution in [2.24, 2.45) is 10.7 Å². The number of nitrogens with two attached hydrogens (primary N) is 1. The van der Waals surface area contributed by atoms with Crippen LogP contribution in [0.4, 0.5) is 0 Å². The van der Waals surface area contributed by atoms with Crippen molar-refractivity contribution < 1.29 is 0 Å². The lowest BCUT2D eigenvalue weighted by atomic mass is 9.96. The quantitative estimate of drug-likeness (QED) is 0.448. The van der Waals surface area contributed by atoms with Crippen LogP contribution >= 0.6 is 24.0 Å². The van der Waals surface area contributed by atoms with Gasteiger partial charge in [0.15, 0.2) is 11.8 Å². The summed E-state index contributed by atoms with van der Waals surface area (Å²) < 4.78 is 1.73. The van der Waals surface area contributed by atoms with Crippen molar-refractivity contribution in [3.05, 3.63) is 42.4 Å². The molecule has 1 aliphatic rings. The number of rotatable bonds is 4. The summed E-state index contributed by atoms with van der Waals surface area (Å²) in [6.45, 7) is 0.544. The minimum Gasteiger partial charge on any atom is -0.370 e. The summed E-state index contributed by atoms with van der Waals surface area (Å²) in [6, 6.07) is 6.28. The molecule has 6 nitrogen and oxygen atoms in total. The zero-order valence-corrected chi connectivity index (χ0v) is 15.4. The maximum Gasteiger partial charge on any atom is 0.189 e. The first kappa shape index (κ1) is 17.7. The largest absolute Gasteiger partial charge is 0.370 e. The first-order valence-corrected chi connectivity index (χ1v) is 7.83. The van der Waals surface area contributed by atoms with Crippen LogP contribution in [0.3, 0.4) is 0 Å². The lowest BCUT2D eigenvalue weighted by Gasteiger charge is -2.23. The van der Waals surface area contributed by atoms with E-state index < -0.39 is 0 Å². The highest BCUT2D eigenvalue weighted by molar-refractivity contribution is 14.0. The molecule has 0 amide bonds. The van der Waals surface area contributed by atoms with Crippen molar-refractivity contribution in [3.63, 3.8) is 0 Å². The van der Waals surface area contributed by atoms with Crippen LogP contribution in [0.25, 0.3) is 5.82 Å². The number of aliphatic imine (C=N–C) groups is 1. The molecule has 0 atom stereocenters. The third-order valence-corrected chi connectivity index (χ3v) is 3.94. The molecule has 0 aromatic carbocycles. The Balaban J connectivity index is 0.00000192. The van der Waals surface area contributed by atoms with E-state index in [1.165, 1.54) is 32.1 Å². The first-order chi connectivity index (χ1) is 10.8. The second-order valence-electron chi connectivity index (χ2n) is 5.65. The molecule has 3 N–H and O–H groups in total. The van der Waals surface area contributed by atoms with Crippen LogP contribution in [0.15, 0.2) is 41.8 Å². The summed E-state index contributed by atoms with van der Waals surface area (Å²) in [6.07, 6.45) is 11.6. The second kappa shape index (κ2) is 8.85. The van der Waals surface area contributed by atoms with Gasteiger partial charge in [-0.15, -0.1) is 24.0 Å². The second-order valence-corrected chi connectivity index (χ2v) is 5.65. The molecule has 124 valence electrons. The first-order valence-electron chi connectivity index (χ1n) is 7.83. The number of pyridine rings is 1. The number of hydrogen-bond acceptors (Lipinski definition) is 3. The average Bonchev–Trinajstić information content (AvgIpc) is 3.09. The normalized spacial score (nSPS) is 15.9. The van der Waals surface area contributed by atoms with Gasteiger partial charge in [0.05, 0.1) is 6.54 Å². The van der Waals surface area contributed by atoms with Crippen LogP contribution in [0, 0.1) is 0 Å². The van der Waals surface area contributed by atoms with Gasteiger partial charge < -0.3 is 11.1 Å². The molecule has 1 fully saturated rings. The van der Waals surface area contributed by atoms with Gasteiger partial charge in [-0.2, -0.15) is 5.10 Å². The molecular formula is C16H23IN6. The molecule has 23 heavy (non-hydrogen) atoms. The SMILES string of the molecule is I.NC(=NCc1ccnc(-n2cccn2)c1)NC1CCCCC1. The van der Waals surface area contributed by atoms with E-state index in [9.17, 15) is 0 Å². The standard InChI is InChI=1S/C16H22N6.HI/c17-16(21-14-5-2-1-3-6-14)19-12-13-7-9-18-15(11-13)22-10-4-8-20-22;/h4,7-11,14H,1-3,5-6,12H2,(H3,17,19,21);1H. The van der Waals surface area contributed by atoms with Gasteiger partial charge in [-0.1, -0.05) is 19.3 Å². The van der Waals surface area contributed by atoms with Crippen LogP contribution in [-0.2, 0) is 6.54 Å². The summed E-state index contributed by atoms with van der Waals surface area (Å²) >= 11 is 0. The summed E-state index contributed by atoms with van der Waals surface area (Å²) in [5.74, 6) is 1.32. The Bertz CT molecular complexity index is 619. The van der Waals surface area contributed by atoms with Crippen molar-refractivity contribution in [1.29, 1.82) is 0 Å². The number of nitrogens with one attached hydrogen (secondary N) is 1. The fraction of sp³-hybridized carbons (Fsp3) is 0.438. The molecule has 0 bridgehead atoms. The molecule has 0 spiro atoms. The highest BCUT2D eigenvalue weighted by atomic mass is 127. The Hall–Kier alpha value is -1.64. The van der Waals surface area contributed by atoms with Crippen LogP contribution in [0.5, 0.6) is 0 Å². The van der Waals surface area contributed by atoms with Gasteiger partial charge in [0.2, 0.25) is 0 Å². The number of aromatic nitrogens is 3. The van der Waals surface area contributed by atoms with Crippen molar-refractivity contribution >= 4 is 29.9 Å². The molecule has 0 saturated heterocycles. The van der Waals surface area contributed by atoms with E-state index in [4.69, 9.17) is 5.73 Å². The molecular weight excluding hydrogens is 403 g/mol. The van der Waals surface area contributed by atoms with Crippen LogP contribution in [-0.4, -0.2) is 26.8 Å². The molecule has 0 aliphatic heterocycles. The summed E-state index contributed by atoms with van der Waals surface area (Å²) in [4.78, 5) is 8.74. The Morgan fingerprint density at radius 2 is 2.13 bits per heavy atom. The molecule has 1 saturated carbocycles. The molecule has 7 heteroatoms. The average molecular weight is 426 g/mol. The molecule has 2 heterocycles. The molecule has 1 aliphatic carbocycles. The fourth-order valence-corrected chi connectivity index (χ4v) is 2.77. The highest BCUT2D eigenvalue weighted by Gasteiger charge is 2.13. The van der Waals surface area contributed by atoms with Gasteiger partial charge in [-0.25, -0.2) is 14.7 Å². The Kier molecular flexibility index (Phi) is 6.82. The Morgan fingerprint density at radius 1 is 1.30 bits per heavy atom. The topological polar surface area (TPSA) is 81.1 Å². The third kappa shape index (κ3) is 5.19. The van der Waals surface area contributed by atoms with Crippen molar-refractivity contribution in [3.8, 4) is 5.82 Å². The lowest BCUT2D eigenvalue weighted by Crippen LogP contribution is -2.41. The summed E-state index contributed by atoms with van der Waals surface area (Å²) in [5, 5.41) is 7.51. The monoisotopic (exact) mass is 426 g/mol. The molecule has 3 rings (SSSR count).